The maximum atomic E-state index is 11.7. The molecule has 1 aromatic carbocycles. The molecule has 0 unspecified atom stereocenters. The number of halogens is 1. The summed E-state index contributed by atoms with van der Waals surface area (Å²) in [4.78, 5) is 12.0. The highest BCUT2D eigenvalue weighted by Crippen LogP contribution is 2.13. The van der Waals surface area contributed by atoms with Crippen LogP contribution in [0.4, 0.5) is 5.69 Å². The lowest BCUT2D eigenvalue weighted by Gasteiger charge is -2.05. The number of aromatic nitrogens is 1. The molecule has 0 aliphatic rings. The van der Waals surface area contributed by atoms with Crippen LogP contribution in [0, 0.1) is 5.41 Å². The molecule has 88 valence electrons. The summed E-state index contributed by atoms with van der Waals surface area (Å²) in [6.07, 6.45) is 1.72. The number of carbonyl (C=O) groups is 1. The van der Waals surface area contributed by atoms with E-state index in [1.165, 1.54) is 11.3 Å². The van der Waals surface area contributed by atoms with Gasteiger partial charge in [0.15, 0.2) is 4.80 Å². The second-order valence-corrected chi connectivity index (χ2v) is 4.72. The number of anilines is 1. The highest BCUT2D eigenvalue weighted by Gasteiger charge is 2.04. The fourth-order valence-corrected chi connectivity index (χ4v) is 2.04. The molecule has 0 spiro atoms. The Morgan fingerprint density at radius 1 is 1.41 bits per heavy atom. The van der Waals surface area contributed by atoms with Crippen molar-refractivity contribution in [2.75, 3.05) is 5.32 Å². The zero-order valence-corrected chi connectivity index (χ0v) is 10.4. The molecule has 0 atom stereocenters. The summed E-state index contributed by atoms with van der Waals surface area (Å²) in [6.45, 7) is 0.144. The molecule has 0 saturated heterocycles. The Balaban J connectivity index is 2.00. The second-order valence-electron chi connectivity index (χ2n) is 3.39. The van der Waals surface area contributed by atoms with Crippen LogP contribution in [0.3, 0.4) is 0 Å². The van der Waals surface area contributed by atoms with Gasteiger partial charge in [0.1, 0.15) is 6.54 Å². The summed E-state index contributed by atoms with van der Waals surface area (Å²) < 4.78 is 1.58. The van der Waals surface area contributed by atoms with Gasteiger partial charge in [0.25, 0.3) is 0 Å². The van der Waals surface area contributed by atoms with Crippen LogP contribution in [-0.4, -0.2) is 10.5 Å². The van der Waals surface area contributed by atoms with Gasteiger partial charge in [0, 0.05) is 22.3 Å². The Hall–Kier alpha value is -1.59. The summed E-state index contributed by atoms with van der Waals surface area (Å²) in [7, 11) is 0. The van der Waals surface area contributed by atoms with Crippen molar-refractivity contribution in [3.8, 4) is 0 Å². The maximum absolute atomic E-state index is 11.7. The summed E-state index contributed by atoms with van der Waals surface area (Å²) in [5.41, 5.74) is 0.696. The highest BCUT2D eigenvalue weighted by atomic mass is 35.5. The molecule has 1 aromatic heterocycles. The molecular formula is C11H10ClN3OS. The summed E-state index contributed by atoms with van der Waals surface area (Å²) in [5.74, 6) is -0.163. The molecule has 0 aliphatic heterocycles. The number of rotatable bonds is 3. The van der Waals surface area contributed by atoms with Gasteiger partial charge in [-0.3, -0.25) is 10.2 Å². The lowest BCUT2D eigenvalue weighted by Crippen LogP contribution is -2.23. The fourth-order valence-electron chi connectivity index (χ4n) is 1.32. The van der Waals surface area contributed by atoms with Crippen molar-refractivity contribution in [3.05, 3.63) is 45.7 Å². The number of benzene rings is 1. The van der Waals surface area contributed by atoms with Crippen molar-refractivity contribution >= 4 is 34.5 Å². The number of nitrogens with zero attached hydrogens (tertiary/aromatic N) is 1. The van der Waals surface area contributed by atoms with Crippen LogP contribution in [0.1, 0.15) is 0 Å². The van der Waals surface area contributed by atoms with Crippen molar-refractivity contribution in [2.24, 2.45) is 0 Å². The van der Waals surface area contributed by atoms with Gasteiger partial charge in [0.2, 0.25) is 5.91 Å². The summed E-state index contributed by atoms with van der Waals surface area (Å²) in [5, 5.41) is 12.7. The molecule has 6 heteroatoms. The molecule has 1 amide bonds. The molecule has 17 heavy (non-hydrogen) atoms. The lowest BCUT2D eigenvalue weighted by atomic mass is 10.3. The first-order valence-corrected chi connectivity index (χ1v) is 6.15. The van der Waals surface area contributed by atoms with E-state index >= 15 is 0 Å². The van der Waals surface area contributed by atoms with E-state index in [9.17, 15) is 4.79 Å². The highest BCUT2D eigenvalue weighted by molar-refractivity contribution is 7.06. The minimum Gasteiger partial charge on any atom is -0.325 e. The van der Waals surface area contributed by atoms with Gasteiger partial charge in [-0.2, -0.15) is 0 Å². The molecule has 0 radical (unpaired) electrons. The molecule has 4 nitrogen and oxygen atoms in total. The molecule has 0 aliphatic carbocycles. The largest absolute Gasteiger partial charge is 0.325 e. The van der Waals surface area contributed by atoms with E-state index in [0.717, 1.165) is 0 Å². The van der Waals surface area contributed by atoms with Crippen LogP contribution < -0.4 is 10.1 Å². The van der Waals surface area contributed by atoms with Gasteiger partial charge >= 0.3 is 0 Å². The zero-order chi connectivity index (χ0) is 12.3. The first-order valence-electron chi connectivity index (χ1n) is 4.89. The molecule has 0 fully saturated rings. The van der Waals surface area contributed by atoms with E-state index in [1.807, 2.05) is 0 Å². The number of hydrogen-bond donors (Lipinski definition) is 2. The number of nitrogens with one attached hydrogen (secondary N) is 2. The van der Waals surface area contributed by atoms with Crippen molar-refractivity contribution < 1.29 is 4.79 Å². The smallest absolute Gasteiger partial charge is 0.244 e. The first kappa shape index (κ1) is 11.9. The Morgan fingerprint density at radius 2 is 2.12 bits per heavy atom. The SMILES string of the molecule is N=c1sccn1CC(=O)Nc1ccc(Cl)cc1. The van der Waals surface area contributed by atoms with Crippen LogP contribution in [0.2, 0.25) is 5.02 Å². The van der Waals surface area contributed by atoms with Crippen molar-refractivity contribution in [3.63, 3.8) is 0 Å². The van der Waals surface area contributed by atoms with E-state index < -0.39 is 0 Å². The molecule has 2 N–H and O–H groups in total. The molecule has 2 aromatic rings. The Morgan fingerprint density at radius 3 is 2.71 bits per heavy atom. The fraction of sp³-hybridized carbons (Fsp3) is 0.0909. The molecule has 2 rings (SSSR count). The molecular weight excluding hydrogens is 258 g/mol. The van der Waals surface area contributed by atoms with E-state index in [0.29, 0.717) is 15.5 Å². The Bertz CT molecular complexity index is 573. The van der Waals surface area contributed by atoms with Gasteiger partial charge in [0.05, 0.1) is 0 Å². The topological polar surface area (TPSA) is 57.9 Å². The number of carbonyl (C=O) groups excluding carboxylic acids is 1. The third-order valence-corrected chi connectivity index (χ3v) is 3.09. The van der Waals surface area contributed by atoms with Gasteiger partial charge in [-0.05, 0) is 24.3 Å². The normalized spacial score (nSPS) is 10.2. The van der Waals surface area contributed by atoms with Gasteiger partial charge in [-0.15, -0.1) is 11.3 Å². The summed E-state index contributed by atoms with van der Waals surface area (Å²) in [6, 6.07) is 6.90. The summed E-state index contributed by atoms with van der Waals surface area (Å²) >= 11 is 7.03. The third-order valence-electron chi connectivity index (χ3n) is 2.12. The standard InChI is InChI=1S/C11H10ClN3OS/c12-8-1-3-9(4-2-8)14-10(16)7-15-5-6-17-11(15)13/h1-6,13H,7H2,(H,14,16). The predicted octanol–water partition coefficient (Wildman–Crippen LogP) is 2.32. The number of thiazole rings is 1. The van der Waals surface area contributed by atoms with Gasteiger partial charge < -0.3 is 9.88 Å². The van der Waals surface area contributed by atoms with Gasteiger partial charge in [-0.25, -0.2) is 0 Å². The lowest BCUT2D eigenvalue weighted by molar-refractivity contribution is -0.116. The average Bonchev–Trinajstić information content (AvgIpc) is 2.68. The van der Waals surface area contributed by atoms with Crippen molar-refractivity contribution in [1.82, 2.24) is 4.57 Å². The molecule has 1 heterocycles. The minimum absolute atomic E-state index is 0.144. The van der Waals surface area contributed by atoms with Crippen molar-refractivity contribution in [2.45, 2.75) is 6.54 Å². The van der Waals surface area contributed by atoms with Crippen LogP contribution in [0.25, 0.3) is 0 Å². The monoisotopic (exact) mass is 267 g/mol. The first-order chi connectivity index (χ1) is 8.15. The van der Waals surface area contributed by atoms with Crippen LogP contribution in [0.15, 0.2) is 35.8 Å². The van der Waals surface area contributed by atoms with Crippen molar-refractivity contribution in [1.29, 1.82) is 5.41 Å². The van der Waals surface area contributed by atoms with Crippen LogP contribution >= 0.6 is 22.9 Å². The quantitative estimate of drug-likeness (QED) is 0.881. The van der Waals surface area contributed by atoms with Gasteiger partial charge in [-0.1, -0.05) is 11.6 Å². The minimum atomic E-state index is -0.163. The predicted molar refractivity (Wildman–Crippen MR) is 68.2 cm³/mol. The molecule has 0 saturated carbocycles. The molecule has 0 bridgehead atoms. The zero-order valence-electron chi connectivity index (χ0n) is 8.81. The van der Waals surface area contributed by atoms with E-state index in [2.05, 4.69) is 5.32 Å². The third kappa shape index (κ3) is 3.18. The maximum Gasteiger partial charge on any atom is 0.244 e. The van der Waals surface area contributed by atoms with Crippen LogP contribution in [-0.2, 0) is 11.3 Å². The number of hydrogen-bond acceptors (Lipinski definition) is 3. The number of amides is 1. The van der Waals surface area contributed by atoms with E-state index in [-0.39, 0.29) is 12.5 Å². The van der Waals surface area contributed by atoms with E-state index in [4.69, 9.17) is 17.0 Å². The van der Waals surface area contributed by atoms with Crippen LogP contribution in [0.5, 0.6) is 0 Å². The Kier molecular flexibility index (Phi) is 3.61. The second kappa shape index (κ2) is 5.16. The average molecular weight is 268 g/mol. The van der Waals surface area contributed by atoms with E-state index in [1.54, 1.807) is 40.4 Å². The Labute approximate surface area is 107 Å².